The van der Waals surface area contributed by atoms with Crippen molar-refractivity contribution in [1.29, 1.82) is 0 Å². The van der Waals surface area contributed by atoms with Crippen molar-refractivity contribution in [3.63, 3.8) is 0 Å². The first-order valence-corrected chi connectivity index (χ1v) is 9.68. The average molecular weight is 398 g/mol. The quantitative estimate of drug-likeness (QED) is 0.851. The van der Waals surface area contributed by atoms with Crippen LogP contribution in [0.4, 0.5) is 9.18 Å². The number of carbonyl (C=O) groups excluding carboxylic acids is 2. The second-order valence-corrected chi connectivity index (χ2v) is 7.16. The summed E-state index contributed by atoms with van der Waals surface area (Å²) in [6.07, 6.45) is 0.777. The summed E-state index contributed by atoms with van der Waals surface area (Å²) in [5.74, 6) is -0.369. The van der Waals surface area contributed by atoms with E-state index in [4.69, 9.17) is 4.99 Å². The van der Waals surface area contributed by atoms with E-state index in [9.17, 15) is 14.0 Å². The number of nitrogens with zero attached hydrogens (tertiary/aromatic N) is 5. The number of hydrogen-bond acceptors (Lipinski definition) is 5. The Labute approximate surface area is 168 Å². The lowest BCUT2D eigenvalue weighted by Crippen LogP contribution is -2.63. The van der Waals surface area contributed by atoms with Crippen LogP contribution in [-0.4, -0.2) is 56.7 Å². The molecular formula is C20H23FN6O2. The predicted octanol–water partition coefficient (Wildman–Crippen LogP) is 1.74. The molecule has 1 aromatic carbocycles. The molecule has 1 fully saturated rings. The summed E-state index contributed by atoms with van der Waals surface area (Å²) in [6.45, 7) is 4.16. The number of aliphatic imine (C=N–C) groups is 1. The number of aryl methyl sites for hydroxylation is 2. The Hall–Kier alpha value is -3.23. The van der Waals surface area contributed by atoms with Gasteiger partial charge in [0, 0.05) is 24.8 Å². The topological polar surface area (TPSA) is 82.8 Å². The summed E-state index contributed by atoms with van der Waals surface area (Å²) >= 11 is 0. The van der Waals surface area contributed by atoms with Gasteiger partial charge in [0.2, 0.25) is 5.96 Å². The standard InChI is InChI=1S/C20H23FN6O2/c1-4-13-10-14(5-2)27(24-13)19-22-17-16(18(28)23-20(29)25(17)3)26(19)11-12-8-6-7-9-15(12)21/h6-10,16-17H,4-5,11H2,1-3H3,(H,23,28,29). The van der Waals surface area contributed by atoms with Gasteiger partial charge in [0.1, 0.15) is 5.82 Å². The van der Waals surface area contributed by atoms with E-state index in [0.29, 0.717) is 11.5 Å². The first-order valence-electron chi connectivity index (χ1n) is 9.68. The molecule has 2 atom stereocenters. The van der Waals surface area contributed by atoms with Crippen molar-refractivity contribution in [3.05, 3.63) is 53.1 Å². The summed E-state index contributed by atoms with van der Waals surface area (Å²) in [5, 5.41) is 7.00. The molecule has 2 unspecified atom stereocenters. The molecule has 3 amide bonds. The van der Waals surface area contributed by atoms with Crippen molar-refractivity contribution >= 4 is 17.9 Å². The molecule has 8 nitrogen and oxygen atoms in total. The lowest BCUT2D eigenvalue weighted by atomic mass is 10.1. The molecule has 1 saturated heterocycles. The Bertz CT molecular complexity index is 1000. The highest BCUT2D eigenvalue weighted by atomic mass is 19.1. The Balaban J connectivity index is 1.81. The molecule has 0 bridgehead atoms. The molecule has 1 N–H and O–H groups in total. The summed E-state index contributed by atoms with van der Waals surface area (Å²) in [5.41, 5.74) is 2.28. The van der Waals surface area contributed by atoms with E-state index in [0.717, 1.165) is 24.2 Å². The van der Waals surface area contributed by atoms with Crippen LogP contribution in [0, 0.1) is 5.82 Å². The van der Waals surface area contributed by atoms with Crippen LogP contribution in [0.3, 0.4) is 0 Å². The molecule has 1 aromatic heterocycles. The average Bonchev–Trinajstić information content (AvgIpc) is 3.29. The summed E-state index contributed by atoms with van der Waals surface area (Å²) in [7, 11) is 1.59. The Morgan fingerprint density at radius 3 is 2.62 bits per heavy atom. The van der Waals surface area contributed by atoms with Gasteiger partial charge < -0.3 is 9.80 Å². The van der Waals surface area contributed by atoms with Crippen LogP contribution in [0.15, 0.2) is 35.3 Å². The molecule has 0 saturated carbocycles. The van der Waals surface area contributed by atoms with Crippen LogP contribution in [0.5, 0.6) is 0 Å². The van der Waals surface area contributed by atoms with Crippen molar-refractivity contribution in [2.75, 3.05) is 7.05 Å². The van der Waals surface area contributed by atoms with Crippen LogP contribution < -0.4 is 5.32 Å². The van der Waals surface area contributed by atoms with Gasteiger partial charge in [0.15, 0.2) is 12.2 Å². The molecule has 2 aliphatic rings. The van der Waals surface area contributed by atoms with E-state index in [2.05, 4.69) is 10.4 Å². The number of amides is 3. The number of urea groups is 1. The number of imide groups is 1. The molecule has 2 aromatic rings. The Kier molecular flexibility index (Phi) is 4.81. The largest absolute Gasteiger partial charge is 0.325 e. The van der Waals surface area contributed by atoms with E-state index in [-0.39, 0.29) is 12.4 Å². The molecule has 9 heteroatoms. The third-order valence-electron chi connectivity index (χ3n) is 5.38. The maximum Gasteiger partial charge on any atom is 0.325 e. The van der Waals surface area contributed by atoms with Crippen molar-refractivity contribution in [2.24, 2.45) is 4.99 Å². The van der Waals surface area contributed by atoms with Crippen molar-refractivity contribution in [2.45, 2.75) is 45.4 Å². The number of halogens is 1. The minimum atomic E-state index is -0.758. The first-order chi connectivity index (χ1) is 13.9. The highest BCUT2D eigenvalue weighted by Crippen LogP contribution is 2.27. The summed E-state index contributed by atoms with van der Waals surface area (Å²) in [4.78, 5) is 32.6. The molecule has 152 valence electrons. The van der Waals surface area contributed by atoms with Gasteiger partial charge in [0.05, 0.1) is 5.69 Å². The zero-order valence-corrected chi connectivity index (χ0v) is 16.6. The highest BCUT2D eigenvalue weighted by molar-refractivity contribution is 6.04. The van der Waals surface area contributed by atoms with Crippen LogP contribution in [0.1, 0.15) is 30.8 Å². The van der Waals surface area contributed by atoms with Gasteiger partial charge >= 0.3 is 6.03 Å². The van der Waals surface area contributed by atoms with Gasteiger partial charge in [-0.15, -0.1) is 0 Å². The maximum absolute atomic E-state index is 14.4. The number of carbonyl (C=O) groups is 2. The monoisotopic (exact) mass is 398 g/mol. The SMILES string of the molecule is CCc1cc(CC)n(C2=NC3C(C(=O)NC(=O)N3C)N2Cc2ccccc2F)n1. The molecular weight excluding hydrogens is 375 g/mol. The molecule has 2 aliphatic heterocycles. The van der Waals surface area contributed by atoms with Crippen LogP contribution in [0.25, 0.3) is 0 Å². The molecule has 0 aliphatic carbocycles. The lowest BCUT2D eigenvalue weighted by Gasteiger charge is -2.36. The third-order valence-corrected chi connectivity index (χ3v) is 5.38. The number of hydrogen-bond donors (Lipinski definition) is 1. The van der Waals surface area contributed by atoms with E-state index in [1.165, 1.54) is 11.0 Å². The number of aromatic nitrogens is 2. The molecule has 4 rings (SSSR count). The van der Waals surface area contributed by atoms with Crippen molar-refractivity contribution in [1.82, 2.24) is 24.9 Å². The summed E-state index contributed by atoms with van der Waals surface area (Å²) < 4.78 is 16.1. The zero-order valence-electron chi connectivity index (χ0n) is 16.6. The van der Waals surface area contributed by atoms with E-state index in [1.54, 1.807) is 34.8 Å². The van der Waals surface area contributed by atoms with Gasteiger partial charge in [-0.05, 0) is 25.0 Å². The van der Waals surface area contributed by atoms with E-state index in [1.807, 2.05) is 19.9 Å². The van der Waals surface area contributed by atoms with Gasteiger partial charge in [-0.2, -0.15) is 5.10 Å². The Morgan fingerprint density at radius 2 is 1.93 bits per heavy atom. The molecule has 0 spiro atoms. The van der Waals surface area contributed by atoms with Gasteiger partial charge in [-0.1, -0.05) is 32.0 Å². The van der Waals surface area contributed by atoms with Gasteiger partial charge in [0.25, 0.3) is 5.91 Å². The minimum Gasteiger partial charge on any atom is -0.321 e. The Morgan fingerprint density at radius 1 is 1.17 bits per heavy atom. The van der Waals surface area contributed by atoms with E-state index < -0.39 is 24.1 Å². The number of likely N-dealkylation sites (N-methyl/N-ethyl adjacent to an activating group) is 1. The predicted molar refractivity (Wildman–Crippen MR) is 105 cm³/mol. The van der Waals surface area contributed by atoms with Gasteiger partial charge in [-0.3, -0.25) is 10.1 Å². The van der Waals surface area contributed by atoms with Crippen LogP contribution >= 0.6 is 0 Å². The van der Waals surface area contributed by atoms with Crippen LogP contribution in [-0.2, 0) is 24.2 Å². The smallest absolute Gasteiger partial charge is 0.321 e. The fourth-order valence-corrected chi connectivity index (χ4v) is 3.74. The fraction of sp³-hybridized carbons (Fsp3) is 0.400. The van der Waals surface area contributed by atoms with Crippen molar-refractivity contribution < 1.29 is 14.0 Å². The first kappa shape index (κ1) is 19.1. The highest BCUT2D eigenvalue weighted by Gasteiger charge is 2.49. The molecule has 3 heterocycles. The second-order valence-electron chi connectivity index (χ2n) is 7.16. The number of fused-ring (bicyclic) bond motifs is 1. The van der Waals surface area contributed by atoms with Crippen LogP contribution in [0.2, 0.25) is 0 Å². The fourth-order valence-electron chi connectivity index (χ4n) is 3.74. The number of benzene rings is 1. The normalized spacial score (nSPS) is 21.3. The molecule has 29 heavy (non-hydrogen) atoms. The lowest BCUT2D eigenvalue weighted by molar-refractivity contribution is -0.127. The zero-order chi connectivity index (χ0) is 20.7. The third kappa shape index (κ3) is 3.16. The van der Waals surface area contributed by atoms with Crippen molar-refractivity contribution in [3.8, 4) is 0 Å². The molecule has 0 radical (unpaired) electrons. The van der Waals surface area contributed by atoms with Gasteiger partial charge in [-0.25, -0.2) is 18.9 Å². The number of nitrogens with one attached hydrogen (secondary N) is 1. The second kappa shape index (κ2) is 7.31. The number of rotatable bonds is 4. The maximum atomic E-state index is 14.4. The van der Waals surface area contributed by atoms with E-state index >= 15 is 0 Å². The summed E-state index contributed by atoms with van der Waals surface area (Å²) in [6, 6.07) is 7.18. The minimum absolute atomic E-state index is 0.132.